The van der Waals surface area contributed by atoms with E-state index >= 15 is 0 Å². The lowest BCUT2D eigenvalue weighted by atomic mass is 9.71. The van der Waals surface area contributed by atoms with Crippen molar-refractivity contribution in [3.63, 3.8) is 0 Å². The molecule has 2 unspecified atom stereocenters. The standard InChI is InChI=1S/C25H19Br2NO3/c26-17-8-5-15(6-9-17)14-28-22-12-10-18(27)13-21(22)25(31,24(28)30)20-11-7-16-3-1-2-4-19(16)23(20)29/h1-6,8-10,12-13,20,31H,7,11,14H2. The van der Waals surface area contributed by atoms with Crippen molar-refractivity contribution in [3.8, 4) is 0 Å². The van der Waals surface area contributed by atoms with Gasteiger partial charge in [-0.05, 0) is 54.3 Å². The van der Waals surface area contributed by atoms with Crippen LogP contribution in [0.25, 0.3) is 0 Å². The number of Topliss-reactive ketones (excluding diaryl/α,β-unsaturated/α-hetero) is 1. The van der Waals surface area contributed by atoms with Crippen LogP contribution in [0.1, 0.15) is 33.5 Å². The van der Waals surface area contributed by atoms with Crippen molar-refractivity contribution in [2.75, 3.05) is 4.90 Å². The summed E-state index contributed by atoms with van der Waals surface area (Å²) in [7, 11) is 0. The number of halogens is 2. The Morgan fingerprint density at radius 1 is 0.968 bits per heavy atom. The average molecular weight is 541 g/mol. The van der Waals surface area contributed by atoms with E-state index in [2.05, 4.69) is 31.9 Å². The van der Waals surface area contributed by atoms with Gasteiger partial charge in [0.05, 0.1) is 18.2 Å². The topological polar surface area (TPSA) is 57.6 Å². The number of ketones is 1. The Morgan fingerprint density at radius 2 is 1.68 bits per heavy atom. The fourth-order valence-corrected chi connectivity index (χ4v) is 5.37. The van der Waals surface area contributed by atoms with E-state index in [1.807, 2.05) is 54.6 Å². The molecule has 0 spiro atoms. The van der Waals surface area contributed by atoms with Crippen LogP contribution in [0.4, 0.5) is 5.69 Å². The van der Waals surface area contributed by atoms with E-state index in [0.717, 1.165) is 20.1 Å². The maximum Gasteiger partial charge on any atom is 0.264 e. The molecule has 0 aromatic heterocycles. The number of hydrogen-bond acceptors (Lipinski definition) is 3. The lowest BCUT2D eigenvalue weighted by molar-refractivity contribution is -0.140. The fourth-order valence-electron chi connectivity index (χ4n) is 4.74. The summed E-state index contributed by atoms with van der Waals surface area (Å²) in [6, 6.07) is 20.6. The minimum absolute atomic E-state index is 0.172. The van der Waals surface area contributed by atoms with Crippen LogP contribution in [0.15, 0.2) is 75.7 Å². The highest BCUT2D eigenvalue weighted by molar-refractivity contribution is 9.10. The Kier molecular flexibility index (Phi) is 5.12. The normalized spacial score (nSPS) is 22.4. The minimum Gasteiger partial charge on any atom is -0.375 e. The molecule has 1 amide bonds. The molecule has 2 aliphatic rings. The summed E-state index contributed by atoms with van der Waals surface area (Å²) < 4.78 is 1.71. The first-order valence-corrected chi connectivity index (χ1v) is 11.7. The number of anilines is 1. The number of aliphatic hydroxyl groups is 1. The number of fused-ring (bicyclic) bond motifs is 2. The lowest BCUT2D eigenvalue weighted by Gasteiger charge is -2.34. The number of carbonyl (C=O) groups is 2. The zero-order chi connectivity index (χ0) is 21.8. The summed E-state index contributed by atoms with van der Waals surface area (Å²) in [6.45, 7) is 0.320. The fraction of sp³-hybridized carbons (Fsp3) is 0.200. The van der Waals surface area contributed by atoms with Gasteiger partial charge in [-0.15, -0.1) is 0 Å². The Labute approximate surface area is 197 Å². The van der Waals surface area contributed by atoms with E-state index in [1.165, 1.54) is 0 Å². The van der Waals surface area contributed by atoms with Gasteiger partial charge in [0.15, 0.2) is 11.4 Å². The van der Waals surface area contributed by atoms with Gasteiger partial charge < -0.3 is 10.0 Å². The molecule has 1 aliphatic heterocycles. The largest absolute Gasteiger partial charge is 0.375 e. The molecule has 6 heteroatoms. The summed E-state index contributed by atoms with van der Waals surface area (Å²) in [5, 5.41) is 11.9. The Morgan fingerprint density at radius 3 is 2.45 bits per heavy atom. The highest BCUT2D eigenvalue weighted by Crippen LogP contribution is 2.49. The molecule has 1 N–H and O–H groups in total. The van der Waals surface area contributed by atoms with Gasteiger partial charge in [-0.2, -0.15) is 0 Å². The summed E-state index contributed by atoms with van der Waals surface area (Å²) in [5.74, 6) is -1.44. The van der Waals surface area contributed by atoms with Crippen LogP contribution in [0.3, 0.4) is 0 Å². The number of nitrogens with zero attached hydrogens (tertiary/aromatic N) is 1. The zero-order valence-electron chi connectivity index (χ0n) is 16.5. The van der Waals surface area contributed by atoms with Crippen molar-refractivity contribution < 1.29 is 14.7 Å². The van der Waals surface area contributed by atoms with Gasteiger partial charge in [0.25, 0.3) is 5.91 Å². The molecule has 5 rings (SSSR count). The molecule has 2 atom stereocenters. The van der Waals surface area contributed by atoms with Gasteiger partial charge in [0, 0.05) is 20.1 Å². The van der Waals surface area contributed by atoms with Gasteiger partial charge in [-0.1, -0.05) is 68.3 Å². The van der Waals surface area contributed by atoms with E-state index in [9.17, 15) is 14.7 Å². The average Bonchev–Trinajstić information content (AvgIpc) is 2.98. The van der Waals surface area contributed by atoms with Crippen molar-refractivity contribution in [1.82, 2.24) is 0 Å². The van der Waals surface area contributed by atoms with Gasteiger partial charge in [0.1, 0.15) is 0 Å². The highest BCUT2D eigenvalue weighted by Gasteiger charge is 2.57. The zero-order valence-corrected chi connectivity index (χ0v) is 19.7. The van der Waals surface area contributed by atoms with Gasteiger partial charge >= 0.3 is 0 Å². The van der Waals surface area contributed by atoms with Crippen molar-refractivity contribution in [2.45, 2.75) is 25.0 Å². The van der Waals surface area contributed by atoms with E-state index in [0.29, 0.717) is 36.2 Å². The van der Waals surface area contributed by atoms with Crippen LogP contribution >= 0.6 is 31.9 Å². The maximum atomic E-state index is 13.7. The van der Waals surface area contributed by atoms with Gasteiger partial charge in [-0.25, -0.2) is 0 Å². The molecule has 0 radical (unpaired) electrons. The number of carbonyl (C=O) groups excluding carboxylic acids is 2. The highest BCUT2D eigenvalue weighted by atomic mass is 79.9. The second kappa shape index (κ2) is 7.69. The predicted octanol–water partition coefficient (Wildman–Crippen LogP) is 5.39. The lowest BCUT2D eigenvalue weighted by Crippen LogP contribution is -2.49. The number of benzene rings is 3. The molecular formula is C25H19Br2NO3. The first-order chi connectivity index (χ1) is 14.9. The van der Waals surface area contributed by atoms with Crippen LogP contribution in [0.5, 0.6) is 0 Å². The molecule has 1 aliphatic carbocycles. The predicted molar refractivity (Wildman–Crippen MR) is 126 cm³/mol. The summed E-state index contributed by atoms with van der Waals surface area (Å²) in [4.78, 5) is 28.7. The monoisotopic (exact) mass is 539 g/mol. The molecule has 0 bridgehead atoms. The third-order valence-electron chi connectivity index (χ3n) is 6.29. The molecule has 1 heterocycles. The van der Waals surface area contributed by atoms with Crippen LogP contribution in [0, 0.1) is 5.92 Å². The summed E-state index contributed by atoms with van der Waals surface area (Å²) >= 11 is 6.90. The van der Waals surface area contributed by atoms with E-state index in [-0.39, 0.29) is 5.78 Å². The Balaban J connectivity index is 1.59. The van der Waals surface area contributed by atoms with Crippen LogP contribution in [-0.2, 0) is 23.4 Å². The molecular weight excluding hydrogens is 522 g/mol. The van der Waals surface area contributed by atoms with Crippen molar-refractivity contribution in [1.29, 1.82) is 0 Å². The first-order valence-electron chi connectivity index (χ1n) is 10.1. The number of hydrogen-bond donors (Lipinski definition) is 1. The molecule has 156 valence electrons. The van der Waals surface area contributed by atoms with Crippen LogP contribution in [0.2, 0.25) is 0 Å². The molecule has 0 fully saturated rings. The maximum absolute atomic E-state index is 13.7. The summed E-state index contributed by atoms with van der Waals surface area (Å²) in [6.07, 6.45) is 1.08. The first kappa shape index (κ1) is 20.6. The third-order valence-corrected chi connectivity index (χ3v) is 7.31. The van der Waals surface area contributed by atoms with Crippen LogP contribution in [-0.4, -0.2) is 16.8 Å². The van der Waals surface area contributed by atoms with E-state index < -0.39 is 17.4 Å². The third kappa shape index (κ3) is 3.28. The van der Waals surface area contributed by atoms with Crippen molar-refractivity contribution in [2.24, 2.45) is 5.92 Å². The van der Waals surface area contributed by atoms with Gasteiger partial charge in [0.2, 0.25) is 0 Å². The smallest absolute Gasteiger partial charge is 0.264 e. The SMILES string of the molecule is O=C1c2ccccc2CCC1C1(O)C(=O)N(Cc2ccc(Br)cc2)c2ccc(Br)cc21. The quantitative estimate of drug-likeness (QED) is 0.484. The van der Waals surface area contributed by atoms with Crippen molar-refractivity contribution >= 4 is 49.2 Å². The van der Waals surface area contributed by atoms with Crippen molar-refractivity contribution in [3.05, 3.63) is 97.9 Å². The molecule has 31 heavy (non-hydrogen) atoms. The van der Waals surface area contributed by atoms with Gasteiger partial charge in [-0.3, -0.25) is 9.59 Å². The second-order valence-electron chi connectivity index (χ2n) is 8.06. The molecule has 3 aromatic carbocycles. The molecule has 3 aromatic rings. The molecule has 0 saturated heterocycles. The second-order valence-corrected chi connectivity index (χ2v) is 9.89. The van der Waals surface area contributed by atoms with E-state index in [1.54, 1.807) is 17.0 Å². The number of rotatable bonds is 3. The van der Waals surface area contributed by atoms with E-state index in [4.69, 9.17) is 0 Å². The number of amides is 1. The number of aryl methyl sites for hydroxylation is 1. The Bertz CT molecular complexity index is 1210. The minimum atomic E-state index is -1.89. The Hall–Kier alpha value is -2.28. The van der Waals surface area contributed by atoms with Crippen LogP contribution < -0.4 is 4.90 Å². The molecule has 4 nitrogen and oxygen atoms in total. The summed E-state index contributed by atoms with van der Waals surface area (Å²) in [5.41, 5.74) is 1.75. The molecule has 0 saturated carbocycles.